The van der Waals surface area contributed by atoms with Gasteiger partial charge in [0, 0.05) is 24.3 Å². The summed E-state index contributed by atoms with van der Waals surface area (Å²) in [4.78, 5) is 14.9. The molecule has 2 atom stereocenters. The number of carbonyl (C=O) groups is 1. The quantitative estimate of drug-likeness (QED) is 0.796. The van der Waals surface area contributed by atoms with E-state index in [1.807, 2.05) is 47.6 Å². The number of nitrogens with zero attached hydrogens (tertiary/aromatic N) is 1. The molecule has 0 aromatic heterocycles. The molecule has 3 rings (SSSR count). The summed E-state index contributed by atoms with van der Waals surface area (Å²) in [5.41, 5.74) is 4.31. The third kappa shape index (κ3) is 4.52. The fraction of sp³-hybridized carbons (Fsp3) is 0.435. The molecule has 0 radical (unpaired) electrons. The lowest BCUT2D eigenvalue weighted by atomic mass is 10.0. The zero-order chi connectivity index (χ0) is 22.2. The van der Waals surface area contributed by atoms with Gasteiger partial charge in [-0.25, -0.2) is 8.42 Å². The lowest BCUT2D eigenvalue weighted by Crippen LogP contribution is -2.48. The molecule has 1 saturated heterocycles. The number of amides is 1. The molecule has 162 valence electrons. The van der Waals surface area contributed by atoms with Gasteiger partial charge in [0.05, 0.1) is 17.1 Å². The van der Waals surface area contributed by atoms with Crippen LogP contribution in [0.2, 0.25) is 0 Å². The van der Waals surface area contributed by atoms with Crippen molar-refractivity contribution in [2.75, 3.05) is 17.8 Å². The summed E-state index contributed by atoms with van der Waals surface area (Å²) in [5.74, 6) is -0.0765. The third-order valence-corrected chi connectivity index (χ3v) is 7.31. The number of carbonyl (C=O) groups excluding carboxylic acids is 1. The van der Waals surface area contributed by atoms with Crippen molar-refractivity contribution >= 4 is 21.6 Å². The third-order valence-electron chi connectivity index (χ3n) is 5.66. The van der Waals surface area contributed by atoms with Crippen LogP contribution in [0, 0.1) is 27.7 Å². The van der Waals surface area contributed by atoms with Gasteiger partial charge in [-0.1, -0.05) is 6.07 Å². The Morgan fingerprint density at radius 1 is 0.967 bits per heavy atom. The van der Waals surface area contributed by atoms with Crippen LogP contribution < -0.4 is 4.72 Å². The first-order valence-corrected chi connectivity index (χ1v) is 11.6. The lowest BCUT2D eigenvalue weighted by Gasteiger charge is -2.35. The molecular weight excluding hydrogens is 400 g/mol. The first kappa shape index (κ1) is 22.3. The average Bonchev–Trinajstić information content (AvgIpc) is 2.65. The molecule has 0 aliphatic carbocycles. The van der Waals surface area contributed by atoms with Gasteiger partial charge in [0.25, 0.3) is 15.9 Å². The molecule has 0 bridgehead atoms. The smallest absolute Gasteiger partial charge is 0.262 e. The second-order valence-corrected chi connectivity index (χ2v) is 9.86. The highest BCUT2D eigenvalue weighted by molar-refractivity contribution is 7.92. The summed E-state index contributed by atoms with van der Waals surface area (Å²) in [7, 11) is -3.75. The number of ether oxygens (including phenoxy) is 1. The van der Waals surface area contributed by atoms with Crippen molar-refractivity contribution in [2.24, 2.45) is 0 Å². The van der Waals surface area contributed by atoms with E-state index in [2.05, 4.69) is 4.72 Å². The molecule has 1 amide bonds. The van der Waals surface area contributed by atoms with Gasteiger partial charge in [0.1, 0.15) is 0 Å². The van der Waals surface area contributed by atoms with Crippen molar-refractivity contribution in [3.05, 3.63) is 58.1 Å². The molecule has 0 unspecified atom stereocenters. The van der Waals surface area contributed by atoms with E-state index in [0.29, 0.717) is 29.2 Å². The molecule has 1 heterocycles. The fourth-order valence-corrected chi connectivity index (χ4v) is 5.67. The molecule has 6 nitrogen and oxygen atoms in total. The summed E-state index contributed by atoms with van der Waals surface area (Å²) in [6, 6.07) is 8.58. The van der Waals surface area contributed by atoms with Gasteiger partial charge in [-0.15, -0.1) is 0 Å². The molecule has 0 spiro atoms. The van der Waals surface area contributed by atoms with E-state index in [-0.39, 0.29) is 18.1 Å². The maximum atomic E-state index is 13.1. The van der Waals surface area contributed by atoms with E-state index in [1.54, 1.807) is 29.2 Å². The van der Waals surface area contributed by atoms with Crippen LogP contribution in [-0.2, 0) is 14.8 Å². The minimum absolute atomic E-state index is 0.00644. The highest BCUT2D eigenvalue weighted by atomic mass is 32.2. The Balaban J connectivity index is 1.82. The largest absolute Gasteiger partial charge is 0.372 e. The normalized spacial score (nSPS) is 19.6. The Morgan fingerprint density at radius 3 is 1.97 bits per heavy atom. The monoisotopic (exact) mass is 430 g/mol. The van der Waals surface area contributed by atoms with Crippen molar-refractivity contribution in [1.29, 1.82) is 0 Å². The van der Waals surface area contributed by atoms with E-state index in [0.717, 1.165) is 22.3 Å². The summed E-state index contributed by atoms with van der Waals surface area (Å²) in [6.07, 6.45) is -0.0129. The molecule has 0 saturated carbocycles. The number of nitrogens with one attached hydrogen (secondary N) is 1. The van der Waals surface area contributed by atoms with Crippen molar-refractivity contribution in [2.45, 2.75) is 58.6 Å². The Labute approximate surface area is 179 Å². The van der Waals surface area contributed by atoms with Crippen molar-refractivity contribution in [3.63, 3.8) is 0 Å². The topological polar surface area (TPSA) is 75.7 Å². The molecule has 2 aromatic carbocycles. The van der Waals surface area contributed by atoms with E-state index >= 15 is 0 Å². The maximum absolute atomic E-state index is 13.1. The molecule has 30 heavy (non-hydrogen) atoms. The SMILES string of the molecule is Cc1cc(C)c(C)c(S(=O)(=O)Nc2ccc(C(=O)N3C[C@@H](C)O[C@H](C)C3)cc2)c1C. The summed E-state index contributed by atoms with van der Waals surface area (Å²) in [5, 5.41) is 0. The van der Waals surface area contributed by atoms with Crippen LogP contribution in [-0.4, -0.2) is 44.5 Å². The predicted molar refractivity (Wildman–Crippen MR) is 119 cm³/mol. The van der Waals surface area contributed by atoms with Crippen LogP contribution in [0.1, 0.15) is 46.5 Å². The van der Waals surface area contributed by atoms with E-state index in [4.69, 9.17) is 4.74 Å². The summed E-state index contributed by atoms with van der Waals surface area (Å²) >= 11 is 0. The highest BCUT2D eigenvalue weighted by Crippen LogP contribution is 2.28. The molecule has 1 fully saturated rings. The number of benzene rings is 2. The summed E-state index contributed by atoms with van der Waals surface area (Å²) in [6.45, 7) is 12.5. The second-order valence-electron chi connectivity index (χ2n) is 8.24. The minimum atomic E-state index is -3.75. The van der Waals surface area contributed by atoms with Gasteiger partial charge in [0.15, 0.2) is 0 Å². The Morgan fingerprint density at radius 2 is 1.47 bits per heavy atom. The molecule has 1 aliphatic heterocycles. The standard InChI is InChI=1S/C23H30N2O4S/c1-14-11-15(2)19(6)22(18(14)5)30(27,28)24-21-9-7-20(8-10-21)23(26)25-12-16(3)29-17(4)13-25/h7-11,16-17,24H,12-13H2,1-6H3/t16-,17-/m1/s1. The Kier molecular flexibility index (Phi) is 6.24. The predicted octanol–water partition coefficient (Wildman–Crippen LogP) is 3.97. The number of morpholine rings is 1. The number of rotatable bonds is 4. The van der Waals surface area contributed by atoms with Crippen molar-refractivity contribution in [3.8, 4) is 0 Å². The van der Waals surface area contributed by atoms with Crippen molar-refractivity contribution < 1.29 is 17.9 Å². The number of hydrogen-bond acceptors (Lipinski definition) is 4. The van der Waals surface area contributed by atoms with E-state index in [1.165, 1.54) is 0 Å². The molecule has 2 aromatic rings. The van der Waals surface area contributed by atoms with Gasteiger partial charge in [-0.3, -0.25) is 9.52 Å². The fourth-order valence-electron chi connectivity index (χ4n) is 4.00. The first-order chi connectivity index (χ1) is 14.0. The van der Waals surface area contributed by atoms with Crippen LogP contribution in [0.3, 0.4) is 0 Å². The van der Waals surface area contributed by atoms with E-state index in [9.17, 15) is 13.2 Å². The lowest BCUT2D eigenvalue weighted by molar-refractivity contribution is -0.0586. The minimum Gasteiger partial charge on any atom is -0.372 e. The first-order valence-electron chi connectivity index (χ1n) is 10.1. The number of hydrogen-bond donors (Lipinski definition) is 1. The Bertz CT molecular complexity index is 1030. The molecule has 7 heteroatoms. The molecular formula is C23H30N2O4S. The molecule has 1 N–H and O–H groups in total. The van der Waals surface area contributed by atoms with Crippen molar-refractivity contribution in [1.82, 2.24) is 4.90 Å². The van der Waals surface area contributed by atoms with Gasteiger partial charge >= 0.3 is 0 Å². The Hall–Kier alpha value is -2.38. The number of aryl methyl sites for hydroxylation is 2. The average molecular weight is 431 g/mol. The number of sulfonamides is 1. The second kappa shape index (κ2) is 8.40. The van der Waals surface area contributed by atoms with E-state index < -0.39 is 10.0 Å². The number of anilines is 1. The van der Waals surface area contributed by atoms with Crippen LogP contribution in [0.4, 0.5) is 5.69 Å². The van der Waals surface area contributed by atoms with Gasteiger partial charge in [-0.05, 0) is 88.1 Å². The van der Waals surface area contributed by atoms with Crippen LogP contribution >= 0.6 is 0 Å². The highest BCUT2D eigenvalue weighted by Gasteiger charge is 2.27. The summed E-state index contributed by atoms with van der Waals surface area (Å²) < 4.78 is 34.5. The zero-order valence-corrected chi connectivity index (χ0v) is 19.3. The van der Waals surface area contributed by atoms with Crippen LogP contribution in [0.5, 0.6) is 0 Å². The molecule has 1 aliphatic rings. The van der Waals surface area contributed by atoms with Gasteiger partial charge < -0.3 is 9.64 Å². The van der Waals surface area contributed by atoms with Gasteiger partial charge in [0.2, 0.25) is 0 Å². The van der Waals surface area contributed by atoms with Gasteiger partial charge in [-0.2, -0.15) is 0 Å². The van der Waals surface area contributed by atoms with Crippen LogP contribution in [0.15, 0.2) is 35.2 Å². The maximum Gasteiger partial charge on any atom is 0.262 e. The van der Waals surface area contributed by atoms with Crippen LogP contribution in [0.25, 0.3) is 0 Å². The zero-order valence-electron chi connectivity index (χ0n) is 18.4.